The van der Waals surface area contributed by atoms with Gasteiger partial charge in [-0.2, -0.15) is 0 Å². The Morgan fingerprint density at radius 1 is 0.957 bits per heavy atom. The third-order valence-electron chi connectivity index (χ3n) is 3.13. The molecule has 23 heavy (non-hydrogen) atoms. The molecule has 0 saturated heterocycles. The first kappa shape index (κ1) is 21.6. The summed E-state index contributed by atoms with van der Waals surface area (Å²) in [6, 6.07) is 1.37. The molecule has 2 atom stereocenters. The summed E-state index contributed by atoms with van der Waals surface area (Å²) in [7, 11) is 0. The summed E-state index contributed by atoms with van der Waals surface area (Å²) in [6.45, 7) is 0. The lowest BCUT2D eigenvalue weighted by atomic mass is 9.90. The second kappa shape index (κ2) is 9.89. The van der Waals surface area contributed by atoms with Crippen LogP contribution in [0.5, 0.6) is 0 Å². The van der Waals surface area contributed by atoms with Crippen LogP contribution in [0.15, 0.2) is 10.5 Å². The Morgan fingerprint density at radius 2 is 1.43 bits per heavy atom. The molecule has 0 radical (unpaired) electrons. The van der Waals surface area contributed by atoms with Gasteiger partial charge in [0.2, 0.25) is 0 Å². The molecule has 0 spiro atoms. The molecule has 1 aromatic carbocycles. The number of hydrogen-bond donors (Lipinski definition) is 2. The molecule has 0 aliphatic rings. The average molecular weight is 645 g/mol. The third kappa shape index (κ3) is 5.80. The van der Waals surface area contributed by atoms with Crippen molar-refractivity contribution in [3.8, 4) is 0 Å². The highest BCUT2D eigenvalue weighted by Gasteiger charge is 2.27. The quantitative estimate of drug-likeness (QED) is 0.380. The number of halogens is 5. The van der Waals surface area contributed by atoms with Crippen LogP contribution in [-0.2, 0) is 12.8 Å². The van der Waals surface area contributed by atoms with E-state index in [-0.39, 0.29) is 20.8 Å². The van der Waals surface area contributed by atoms with Gasteiger partial charge in [-0.25, -0.2) is 9.59 Å². The summed E-state index contributed by atoms with van der Waals surface area (Å²) in [6.07, 6.45) is 0.979. The van der Waals surface area contributed by atoms with Gasteiger partial charge in [0.1, 0.15) is 0 Å². The molecule has 0 amide bonds. The largest absolute Gasteiger partial charge is 0.478 e. The van der Waals surface area contributed by atoms with Crippen LogP contribution in [0.2, 0.25) is 0 Å². The van der Waals surface area contributed by atoms with Gasteiger partial charge in [0.25, 0.3) is 0 Å². The maximum Gasteiger partial charge on any atom is 0.336 e. The van der Waals surface area contributed by atoms with Gasteiger partial charge >= 0.3 is 11.9 Å². The van der Waals surface area contributed by atoms with E-state index in [1.165, 1.54) is 6.07 Å². The molecule has 4 nitrogen and oxygen atoms in total. The Labute approximate surface area is 176 Å². The van der Waals surface area contributed by atoms with Crippen LogP contribution in [0.3, 0.4) is 0 Å². The van der Waals surface area contributed by atoms with Crippen LogP contribution in [0.25, 0.3) is 0 Å². The molecule has 1 aromatic rings. The zero-order valence-corrected chi connectivity index (χ0v) is 19.6. The number of hydrogen-bond acceptors (Lipinski definition) is 2. The highest BCUT2D eigenvalue weighted by atomic mass is 79.9. The van der Waals surface area contributed by atoms with Crippen molar-refractivity contribution in [1.82, 2.24) is 0 Å². The van der Waals surface area contributed by atoms with E-state index in [2.05, 4.69) is 79.6 Å². The number of carboxylic acid groups (broad SMARTS) is 2. The maximum atomic E-state index is 11.7. The average Bonchev–Trinajstić information content (AvgIpc) is 2.49. The van der Waals surface area contributed by atoms with E-state index in [0.717, 1.165) is 5.56 Å². The Morgan fingerprint density at radius 3 is 1.83 bits per heavy atom. The van der Waals surface area contributed by atoms with E-state index in [1.54, 1.807) is 0 Å². The predicted octanol–water partition coefficient (Wildman–Crippen LogP) is 5.25. The first-order chi connectivity index (χ1) is 10.7. The minimum Gasteiger partial charge on any atom is -0.478 e. The van der Waals surface area contributed by atoms with Gasteiger partial charge < -0.3 is 10.2 Å². The molecule has 0 aliphatic heterocycles. The fraction of sp³-hybridized carbons (Fsp3) is 0.429. The second-order valence-electron chi connectivity index (χ2n) is 4.76. The number of rotatable bonds is 8. The molecule has 0 aromatic heterocycles. The molecule has 0 saturated carbocycles. The van der Waals surface area contributed by atoms with Crippen LogP contribution in [-0.4, -0.2) is 42.5 Å². The van der Waals surface area contributed by atoms with Crippen molar-refractivity contribution < 1.29 is 19.8 Å². The van der Waals surface area contributed by atoms with E-state index in [4.69, 9.17) is 0 Å². The van der Waals surface area contributed by atoms with Gasteiger partial charge in [0.15, 0.2) is 0 Å². The topological polar surface area (TPSA) is 74.6 Å². The van der Waals surface area contributed by atoms with Gasteiger partial charge in [0, 0.05) is 24.8 Å². The summed E-state index contributed by atoms with van der Waals surface area (Å²) in [5.74, 6) is -2.48. The van der Waals surface area contributed by atoms with Gasteiger partial charge in [0.05, 0.1) is 11.1 Å². The summed E-state index contributed by atoms with van der Waals surface area (Å²) < 4.78 is 0.606. The first-order valence-electron chi connectivity index (χ1n) is 6.43. The zero-order valence-electron chi connectivity index (χ0n) is 11.7. The van der Waals surface area contributed by atoms with Gasteiger partial charge in [-0.1, -0.05) is 79.6 Å². The van der Waals surface area contributed by atoms with Crippen molar-refractivity contribution in [2.75, 3.05) is 10.7 Å². The highest BCUT2D eigenvalue weighted by molar-refractivity contribution is 9.12. The fourth-order valence-electron chi connectivity index (χ4n) is 2.15. The zero-order chi connectivity index (χ0) is 17.7. The standard InChI is InChI=1S/C14H13Br5O4/c15-4-6(17)1-8-9(2-7(18)5-16)12(14(22)23)10(13(20)21)3-11(8)19/h3,6-7H,1-2,4-5H2,(H,20,21)(H,22,23). The number of carboxylic acids is 2. The molecule has 128 valence electrons. The smallest absolute Gasteiger partial charge is 0.336 e. The normalized spacial score (nSPS) is 13.6. The van der Waals surface area contributed by atoms with Gasteiger partial charge in [-0.05, 0) is 30.0 Å². The molecule has 0 bridgehead atoms. The second-order valence-corrected chi connectivity index (χ2v) is 9.50. The predicted molar refractivity (Wildman–Crippen MR) is 108 cm³/mol. The van der Waals surface area contributed by atoms with E-state index in [9.17, 15) is 19.8 Å². The fourth-order valence-corrected chi connectivity index (χ4v) is 3.89. The van der Waals surface area contributed by atoms with E-state index < -0.39 is 11.9 Å². The molecule has 1 rings (SSSR count). The van der Waals surface area contributed by atoms with Crippen molar-refractivity contribution >= 4 is 91.6 Å². The first-order valence-corrected chi connectivity index (χ1v) is 11.3. The summed E-state index contributed by atoms with van der Waals surface area (Å²) >= 11 is 17.1. The number of aromatic carboxylic acids is 2. The van der Waals surface area contributed by atoms with Crippen LogP contribution < -0.4 is 0 Å². The Bertz CT molecular complexity index is 605. The van der Waals surface area contributed by atoms with E-state index >= 15 is 0 Å². The molecular formula is C14H13Br5O4. The van der Waals surface area contributed by atoms with E-state index in [0.29, 0.717) is 33.5 Å². The van der Waals surface area contributed by atoms with E-state index in [1.807, 2.05) is 0 Å². The number of benzene rings is 1. The summed E-state index contributed by atoms with van der Waals surface area (Å²) in [5.41, 5.74) is 0.993. The molecule has 0 aliphatic carbocycles. The summed E-state index contributed by atoms with van der Waals surface area (Å²) in [5, 5.41) is 20.2. The lowest BCUT2D eigenvalue weighted by molar-refractivity contribution is 0.0650. The molecule has 2 unspecified atom stereocenters. The number of alkyl halides is 4. The third-order valence-corrected chi connectivity index (χ3v) is 8.43. The molecule has 2 N–H and O–H groups in total. The van der Waals surface area contributed by atoms with Crippen molar-refractivity contribution in [2.45, 2.75) is 22.5 Å². The molecule has 9 heteroatoms. The Balaban J connectivity index is 3.63. The van der Waals surface area contributed by atoms with Crippen molar-refractivity contribution in [3.63, 3.8) is 0 Å². The monoisotopic (exact) mass is 640 g/mol. The highest BCUT2D eigenvalue weighted by Crippen LogP contribution is 2.32. The molecule has 0 heterocycles. The Hall–Kier alpha value is 0.560. The SMILES string of the molecule is O=C(O)c1cc(Br)c(CC(Br)CBr)c(CC(Br)CBr)c1C(=O)O. The van der Waals surface area contributed by atoms with Crippen molar-refractivity contribution in [2.24, 2.45) is 0 Å². The van der Waals surface area contributed by atoms with Crippen LogP contribution in [0.1, 0.15) is 31.8 Å². The molecular weight excluding hydrogens is 632 g/mol. The Kier molecular flexibility index (Phi) is 9.29. The summed E-state index contributed by atoms with van der Waals surface area (Å²) in [4.78, 5) is 23.3. The van der Waals surface area contributed by atoms with Gasteiger partial charge in [-0.3, -0.25) is 0 Å². The minimum absolute atomic E-state index is 0.00644. The minimum atomic E-state index is -1.25. The van der Waals surface area contributed by atoms with Crippen LogP contribution in [0, 0.1) is 0 Å². The lowest BCUT2D eigenvalue weighted by Crippen LogP contribution is -2.19. The van der Waals surface area contributed by atoms with Crippen molar-refractivity contribution in [3.05, 3.63) is 32.8 Å². The van der Waals surface area contributed by atoms with Crippen molar-refractivity contribution in [1.29, 1.82) is 0 Å². The van der Waals surface area contributed by atoms with Gasteiger partial charge in [-0.15, -0.1) is 0 Å². The number of carbonyl (C=O) groups is 2. The maximum absolute atomic E-state index is 11.7. The lowest BCUT2D eigenvalue weighted by Gasteiger charge is -2.20. The van der Waals surface area contributed by atoms with Crippen LogP contribution in [0.4, 0.5) is 0 Å². The molecule has 0 fully saturated rings. The van der Waals surface area contributed by atoms with Crippen LogP contribution >= 0.6 is 79.6 Å².